The molecule has 2 aromatic carbocycles. The van der Waals surface area contributed by atoms with E-state index < -0.39 is 5.97 Å². The van der Waals surface area contributed by atoms with Crippen molar-refractivity contribution in [1.29, 1.82) is 0 Å². The van der Waals surface area contributed by atoms with E-state index >= 15 is 0 Å². The van der Waals surface area contributed by atoms with Crippen molar-refractivity contribution in [3.8, 4) is 11.3 Å². The molecule has 4 rings (SSSR count). The van der Waals surface area contributed by atoms with Gasteiger partial charge in [-0.3, -0.25) is 5.43 Å². The van der Waals surface area contributed by atoms with Gasteiger partial charge in [0.05, 0.1) is 23.2 Å². The molecule has 2 aromatic heterocycles. The lowest BCUT2D eigenvalue weighted by Crippen LogP contribution is -2.10. The summed E-state index contributed by atoms with van der Waals surface area (Å²) in [5.41, 5.74) is 6.11. The summed E-state index contributed by atoms with van der Waals surface area (Å²) in [5, 5.41) is 7.04. The number of aryl methyl sites for hydroxylation is 1. The van der Waals surface area contributed by atoms with E-state index in [1.807, 2.05) is 18.2 Å². The molecule has 2 heterocycles. The van der Waals surface area contributed by atoms with Gasteiger partial charge >= 0.3 is 5.97 Å². The number of carbonyl (C=O) groups excluding carboxylic acids is 1. The minimum absolute atomic E-state index is 0.0401. The van der Waals surface area contributed by atoms with Crippen molar-refractivity contribution in [3.05, 3.63) is 74.0 Å². The molecule has 6 nitrogen and oxygen atoms in total. The highest BCUT2D eigenvalue weighted by Crippen LogP contribution is 2.31. The number of hydrogen-bond donors (Lipinski definition) is 1. The lowest BCUT2D eigenvalue weighted by atomic mass is 9.86. The van der Waals surface area contributed by atoms with Gasteiger partial charge in [-0.1, -0.05) is 79.6 Å². The van der Waals surface area contributed by atoms with E-state index in [-0.39, 0.29) is 5.41 Å². The van der Waals surface area contributed by atoms with Gasteiger partial charge in [0.2, 0.25) is 5.13 Å². The molecule has 0 fully saturated rings. The largest absolute Gasteiger partial charge is 0.465 e. The molecule has 4 aromatic rings. The van der Waals surface area contributed by atoms with Crippen LogP contribution in [0.4, 0.5) is 5.13 Å². The maximum absolute atomic E-state index is 11.9. The van der Waals surface area contributed by atoms with Crippen molar-refractivity contribution in [2.24, 2.45) is 5.10 Å². The van der Waals surface area contributed by atoms with Gasteiger partial charge in [0.25, 0.3) is 0 Å². The van der Waals surface area contributed by atoms with Gasteiger partial charge in [-0.05, 0) is 30.0 Å². The van der Waals surface area contributed by atoms with Crippen LogP contribution >= 0.6 is 34.5 Å². The number of aromatic nitrogens is 1. The second-order valence-corrected chi connectivity index (χ2v) is 10.6. The van der Waals surface area contributed by atoms with E-state index in [0.717, 1.165) is 16.9 Å². The molecule has 0 amide bonds. The molecule has 34 heavy (non-hydrogen) atoms. The standard InChI is InChI=1S/C25H23Cl2N3O3S/c1-13-22(23(31)32-5)34-24(28-13)30-29-19-12-20(14-6-8-15(9-7-14)25(2,3)4)33-21-17(19)10-16(26)11-18(21)27/h6-12H,1-5H3,(H,28,30)/b29-19+. The average Bonchev–Trinajstić information content (AvgIpc) is 3.17. The highest BCUT2D eigenvalue weighted by Gasteiger charge is 2.17. The second-order valence-electron chi connectivity index (χ2n) is 8.74. The third kappa shape index (κ3) is 4.97. The molecule has 0 unspecified atom stereocenters. The van der Waals surface area contributed by atoms with E-state index in [1.54, 1.807) is 19.1 Å². The highest BCUT2D eigenvalue weighted by molar-refractivity contribution is 7.17. The Labute approximate surface area is 211 Å². The number of nitrogens with one attached hydrogen (secondary N) is 1. The van der Waals surface area contributed by atoms with Crippen LogP contribution in [0.5, 0.6) is 0 Å². The summed E-state index contributed by atoms with van der Waals surface area (Å²) in [6.45, 7) is 8.24. The number of thiazole rings is 1. The van der Waals surface area contributed by atoms with Crippen molar-refractivity contribution < 1.29 is 13.9 Å². The summed E-state index contributed by atoms with van der Waals surface area (Å²) >= 11 is 13.9. The number of methoxy groups -OCH3 is 1. The summed E-state index contributed by atoms with van der Waals surface area (Å²) in [6, 6.07) is 13.4. The normalized spacial score (nSPS) is 12.3. The third-order valence-corrected chi connectivity index (χ3v) is 6.78. The Kier molecular flexibility index (Phi) is 6.71. The first-order chi connectivity index (χ1) is 16.1. The summed E-state index contributed by atoms with van der Waals surface area (Å²) in [6.07, 6.45) is 0. The van der Waals surface area contributed by atoms with Crippen LogP contribution in [0.25, 0.3) is 22.3 Å². The molecule has 176 valence electrons. The quantitative estimate of drug-likeness (QED) is 0.230. The predicted octanol–water partition coefficient (Wildman–Crippen LogP) is 7.18. The summed E-state index contributed by atoms with van der Waals surface area (Å²) in [5.74, 6) is 0.162. The average molecular weight is 516 g/mol. The molecular formula is C25H23Cl2N3O3S. The number of esters is 1. The minimum atomic E-state index is -0.438. The van der Waals surface area contributed by atoms with Crippen molar-refractivity contribution in [2.45, 2.75) is 33.1 Å². The maximum atomic E-state index is 11.9. The molecule has 0 aliphatic heterocycles. The lowest BCUT2D eigenvalue weighted by Gasteiger charge is -2.19. The number of hydrogen-bond acceptors (Lipinski definition) is 7. The number of rotatable bonds is 4. The van der Waals surface area contributed by atoms with E-state index in [2.05, 4.69) is 48.4 Å². The Bertz CT molecular complexity index is 1450. The number of ether oxygens (including phenoxy) is 1. The molecule has 0 spiro atoms. The van der Waals surface area contributed by atoms with Crippen LogP contribution in [0, 0.1) is 6.92 Å². The Balaban J connectivity index is 1.83. The van der Waals surface area contributed by atoms with Gasteiger partial charge in [-0.15, -0.1) is 0 Å². The SMILES string of the molecule is COC(=O)c1sc(N/N=c2\cc(-c3ccc(C(C)(C)C)cc3)oc3c(Cl)cc(Cl)cc23)nc1C. The van der Waals surface area contributed by atoms with Crippen LogP contribution in [0.1, 0.15) is 41.7 Å². The summed E-state index contributed by atoms with van der Waals surface area (Å²) in [4.78, 5) is 16.7. The zero-order valence-corrected chi connectivity index (χ0v) is 21.7. The van der Waals surface area contributed by atoms with E-state index in [4.69, 9.17) is 32.4 Å². The van der Waals surface area contributed by atoms with Gasteiger partial charge in [-0.2, -0.15) is 5.10 Å². The van der Waals surface area contributed by atoms with Crippen molar-refractivity contribution in [2.75, 3.05) is 12.5 Å². The topological polar surface area (TPSA) is 76.7 Å². The number of benzene rings is 2. The molecule has 0 radical (unpaired) electrons. The zero-order chi connectivity index (χ0) is 24.6. The smallest absolute Gasteiger partial charge is 0.350 e. The van der Waals surface area contributed by atoms with Crippen molar-refractivity contribution >= 4 is 56.6 Å². The molecular weight excluding hydrogens is 493 g/mol. The Hall–Kier alpha value is -2.87. The van der Waals surface area contributed by atoms with Gasteiger partial charge in [0, 0.05) is 22.0 Å². The first kappa shape index (κ1) is 24.3. The van der Waals surface area contributed by atoms with Crippen LogP contribution in [-0.2, 0) is 10.2 Å². The first-order valence-electron chi connectivity index (χ1n) is 10.5. The van der Waals surface area contributed by atoms with E-state index in [1.165, 1.54) is 12.7 Å². The molecule has 0 aliphatic carbocycles. The summed E-state index contributed by atoms with van der Waals surface area (Å²) < 4.78 is 11.0. The monoisotopic (exact) mass is 515 g/mol. The van der Waals surface area contributed by atoms with E-state index in [9.17, 15) is 4.79 Å². The number of carbonyl (C=O) groups is 1. The molecule has 0 atom stereocenters. The third-order valence-electron chi connectivity index (χ3n) is 5.24. The minimum Gasteiger partial charge on any atom is -0.465 e. The number of halogens is 2. The predicted molar refractivity (Wildman–Crippen MR) is 138 cm³/mol. The van der Waals surface area contributed by atoms with E-state index in [0.29, 0.717) is 47.8 Å². The van der Waals surface area contributed by atoms with Gasteiger partial charge in [0.15, 0.2) is 5.58 Å². The molecule has 1 N–H and O–H groups in total. The summed E-state index contributed by atoms with van der Waals surface area (Å²) in [7, 11) is 1.33. The van der Waals surface area contributed by atoms with Crippen molar-refractivity contribution in [3.63, 3.8) is 0 Å². The fourth-order valence-corrected chi connectivity index (χ4v) is 4.76. The van der Waals surface area contributed by atoms with Crippen molar-refractivity contribution in [1.82, 2.24) is 4.98 Å². The molecule has 0 aliphatic rings. The number of nitrogens with zero attached hydrogens (tertiary/aromatic N) is 2. The number of fused-ring (bicyclic) bond motifs is 1. The fraction of sp³-hybridized carbons (Fsp3) is 0.240. The highest BCUT2D eigenvalue weighted by atomic mass is 35.5. The molecule has 0 bridgehead atoms. The van der Waals surface area contributed by atoms with Crippen LogP contribution < -0.4 is 10.8 Å². The van der Waals surface area contributed by atoms with Crippen LogP contribution in [0.2, 0.25) is 10.0 Å². The van der Waals surface area contributed by atoms with Gasteiger partial charge < -0.3 is 9.15 Å². The zero-order valence-electron chi connectivity index (χ0n) is 19.3. The Morgan fingerprint density at radius 2 is 1.85 bits per heavy atom. The van der Waals surface area contributed by atoms with Gasteiger partial charge in [0.1, 0.15) is 10.6 Å². The maximum Gasteiger partial charge on any atom is 0.350 e. The number of anilines is 1. The molecule has 0 saturated heterocycles. The van der Waals surface area contributed by atoms with Crippen LogP contribution in [0.3, 0.4) is 0 Å². The first-order valence-corrected chi connectivity index (χ1v) is 12.0. The molecule has 9 heteroatoms. The molecule has 0 saturated carbocycles. The van der Waals surface area contributed by atoms with Crippen LogP contribution in [0.15, 0.2) is 52.0 Å². The lowest BCUT2D eigenvalue weighted by molar-refractivity contribution is 0.0605. The Morgan fingerprint density at radius 3 is 2.50 bits per heavy atom. The second kappa shape index (κ2) is 9.41. The van der Waals surface area contributed by atoms with Crippen LogP contribution in [-0.4, -0.2) is 18.1 Å². The Morgan fingerprint density at radius 1 is 1.15 bits per heavy atom. The van der Waals surface area contributed by atoms with Gasteiger partial charge in [-0.25, -0.2) is 9.78 Å². The fourth-order valence-electron chi connectivity index (χ4n) is 3.40.